The summed E-state index contributed by atoms with van der Waals surface area (Å²) in [7, 11) is 3.33. The first-order chi connectivity index (χ1) is 13.2. The average Bonchev–Trinajstić information content (AvgIpc) is 2.73. The summed E-state index contributed by atoms with van der Waals surface area (Å²) in [5.74, 6) is 1.63. The van der Waals surface area contributed by atoms with Gasteiger partial charge in [0.05, 0.1) is 36.6 Å². The van der Waals surface area contributed by atoms with Crippen LogP contribution in [0.25, 0.3) is 33.5 Å². The topological polar surface area (TPSA) is 44.2 Å². The molecular weight excluding hydrogens is 336 g/mol. The molecule has 0 saturated carbocycles. The number of hydrogen-bond acceptors (Lipinski definition) is 4. The molecule has 0 aliphatic carbocycles. The van der Waals surface area contributed by atoms with E-state index in [0.717, 1.165) is 50.6 Å². The van der Waals surface area contributed by atoms with Crippen LogP contribution in [-0.4, -0.2) is 24.2 Å². The summed E-state index contributed by atoms with van der Waals surface area (Å²) in [6.45, 7) is 2.06. The monoisotopic (exact) mass is 356 g/mol. The van der Waals surface area contributed by atoms with Gasteiger partial charge in [-0.3, -0.25) is 0 Å². The van der Waals surface area contributed by atoms with E-state index >= 15 is 0 Å². The van der Waals surface area contributed by atoms with Gasteiger partial charge in [-0.25, -0.2) is 9.97 Å². The molecule has 1 aromatic heterocycles. The SMILES string of the molecule is COc1ccc(-c2nc3cccc(C)c3nc2-c2ccc(OC)cc2)cc1. The van der Waals surface area contributed by atoms with E-state index in [1.54, 1.807) is 14.2 Å². The van der Waals surface area contributed by atoms with Crippen molar-refractivity contribution in [1.29, 1.82) is 0 Å². The van der Waals surface area contributed by atoms with Gasteiger partial charge in [0.1, 0.15) is 11.5 Å². The van der Waals surface area contributed by atoms with Crippen LogP contribution in [0.2, 0.25) is 0 Å². The Labute approximate surface area is 158 Å². The molecule has 0 bridgehead atoms. The predicted molar refractivity (Wildman–Crippen MR) is 108 cm³/mol. The minimum atomic E-state index is 0.814. The molecule has 0 atom stereocenters. The molecule has 4 aromatic rings. The van der Waals surface area contributed by atoms with Crippen LogP contribution in [0.5, 0.6) is 11.5 Å². The molecule has 0 aliphatic heterocycles. The van der Waals surface area contributed by atoms with Gasteiger partial charge in [0, 0.05) is 11.1 Å². The lowest BCUT2D eigenvalue weighted by Gasteiger charge is -2.12. The maximum absolute atomic E-state index is 5.28. The third-order valence-corrected chi connectivity index (χ3v) is 4.62. The Kier molecular flexibility index (Phi) is 4.47. The molecule has 0 unspecified atom stereocenters. The van der Waals surface area contributed by atoms with E-state index in [1.807, 2.05) is 60.7 Å². The number of nitrogens with zero attached hydrogens (tertiary/aromatic N) is 2. The number of para-hydroxylation sites is 1. The minimum absolute atomic E-state index is 0.814. The van der Waals surface area contributed by atoms with Crippen LogP contribution < -0.4 is 9.47 Å². The van der Waals surface area contributed by atoms with E-state index < -0.39 is 0 Å². The van der Waals surface area contributed by atoms with E-state index in [-0.39, 0.29) is 0 Å². The van der Waals surface area contributed by atoms with E-state index in [1.165, 1.54) is 0 Å². The molecule has 0 spiro atoms. The van der Waals surface area contributed by atoms with Gasteiger partial charge in [-0.05, 0) is 67.1 Å². The van der Waals surface area contributed by atoms with Gasteiger partial charge in [0.15, 0.2) is 0 Å². The zero-order valence-corrected chi connectivity index (χ0v) is 15.6. The van der Waals surface area contributed by atoms with Crippen LogP contribution >= 0.6 is 0 Å². The Morgan fingerprint density at radius 1 is 0.630 bits per heavy atom. The molecule has 0 radical (unpaired) electrons. The van der Waals surface area contributed by atoms with Crippen molar-refractivity contribution >= 4 is 11.0 Å². The van der Waals surface area contributed by atoms with E-state index in [9.17, 15) is 0 Å². The summed E-state index contributed by atoms with van der Waals surface area (Å²) < 4.78 is 10.6. The standard InChI is InChI=1S/C23H20N2O2/c1-15-5-4-6-20-21(15)25-23(17-9-13-19(27-3)14-10-17)22(24-20)16-7-11-18(26-2)12-8-16/h4-14H,1-3H3. The van der Waals surface area contributed by atoms with E-state index in [4.69, 9.17) is 19.4 Å². The maximum Gasteiger partial charge on any atom is 0.118 e. The summed E-state index contributed by atoms with van der Waals surface area (Å²) in [5.41, 5.74) is 6.61. The van der Waals surface area contributed by atoms with Gasteiger partial charge < -0.3 is 9.47 Å². The smallest absolute Gasteiger partial charge is 0.118 e. The average molecular weight is 356 g/mol. The van der Waals surface area contributed by atoms with Crippen LogP contribution in [0, 0.1) is 6.92 Å². The predicted octanol–water partition coefficient (Wildman–Crippen LogP) is 5.29. The highest BCUT2D eigenvalue weighted by atomic mass is 16.5. The van der Waals surface area contributed by atoms with Crippen LogP contribution in [0.3, 0.4) is 0 Å². The van der Waals surface area contributed by atoms with Crippen LogP contribution in [0.4, 0.5) is 0 Å². The van der Waals surface area contributed by atoms with Crippen molar-refractivity contribution < 1.29 is 9.47 Å². The largest absolute Gasteiger partial charge is 0.497 e. The highest BCUT2D eigenvalue weighted by Crippen LogP contribution is 2.33. The third-order valence-electron chi connectivity index (χ3n) is 4.62. The summed E-state index contributed by atoms with van der Waals surface area (Å²) in [5, 5.41) is 0. The van der Waals surface area contributed by atoms with Gasteiger partial charge in [-0.2, -0.15) is 0 Å². The molecular formula is C23H20N2O2. The van der Waals surface area contributed by atoms with Gasteiger partial charge in [-0.15, -0.1) is 0 Å². The van der Waals surface area contributed by atoms with Gasteiger partial charge in [0.2, 0.25) is 0 Å². The Hall–Kier alpha value is -3.40. The third kappa shape index (κ3) is 3.22. The minimum Gasteiger partial charge on any atom is -0.497 e. The second-order valence-corrected chi connectivity index (χ2v) is 6.32. The zero-order chi connectivity index (χ0) is 18.8. The van der Waals surface area contributed by atoms with Crippen molar-refractivity contribution in [2.45, 2.75) is 6.92 Å². The van der Waals surface area contributed by atoms with E-state index in [2.05, 4.69) is 13.0 Å². The molecule has 4 rings (SSSR count). The van der Waals surface area contributed by atoms with Gasteiger partial charge >= 0.3 is 0 Å². The molecule has 27 heavy (non-hydrogen) atoms. The Bertz CT molecular complexity index is 1090. The lowest BCUT2D eigenvalue weighted by atomic mass is 10.0. The molecule has 1 heterocycles. The highest BCUT2D eigenvalue weighted by molar-refractivity contribution is 5.87. The fourth-order valence-corrected chi connectivity index (χ4v) is 3.12. The quantitative estimate of drug-likeness (QED) is 0.498. The number of methoxy groups -OCH3 is 2. The molecule has 0 amide bonds. The number of fused-ring (bicyclic) bond motifs is 1. The molecule has 0 aliphatic rings. The fraction of sp³-hybridized carbons (Fsp3) is 0.130. The number of ether oxygens (including phenoxy) is 2. The van der Waals surface area contributed by atoms with E-state index in [0.29, 0.717) is 0 Å². The molecule has 0 N–H and O–H groups in total. The molecule has 3 aromatic carbocycles. The molecule has 0 fully saturated rings. The van der Waals surface area contributed by atoms with Crippen molar-refractivity contribution in [3.05, 3.63) is 72.3 Å². The molecule has 134 valence electrons. The summed E-state index contributed by atoms with van der Waals surface area (Å²) >= 11 is 0. The number of rotatable bonds is 4. The lowest BCUT2D eigenvalue weighted by Crippen LogP contribution is -1.97. The number of aromatic nitrogens is 2. The summed E-state index contributed by atoms with van der Waals surface area (Å²) in [6.07, 6.45) is 0. The second kappa shape index (κ2) is 7.08. The number of hydrogen-bond donors (Lipinski definition) is 0. The van der Waals surface area contributed by atoms with Crippen LogP contribution in [0.15, 0.2) is 66.7 Å². The Morgan fingerprint density at radius 3 is 1.67 bits per heavy atom. The first kappa shape index (κ1) is 17.0. The lowest BCUT2D eigenvalue weighted by molar-refractivity contribution is 0.414. The Morgan fingerprint density at radius 2 is 1.15 bits per heavy atom. The van der Waals surface area contributed by atoms with Gasteiger partial charge in [0.25, 0.3) is 0 Å². The normalized spacial score (nSPS) is 10.8. The first-order valence-electron chi connectivity index (χ1n) is 8.76. The van der Waals surface area contributed by atoms with Crippen LogP contribution in [0.1, 0.15) is 5.56 Å². The number of aryl methyl sites for hydroxylation is 1. The zero-order valence-electron chi connectivity index (χ0n) is 15.6. The summed E-state index contributed by atoms with van der Waals surface area (Å²) in [4.78, 5) is 9.93. The van der Waals surface area contributed by atoms with Crippen LogP contribution in [-0.2, 0) is 0 Å². The fourth-order valence-electron chi connectivity index (χ4n) is 3.12. The first-order valence-corrected chi connectivity index (χ1v) is 8.76. The van der Waals surface area contributed by atoms with Gasteiger partial charge in [-0.1, -0.05) is 12.1 Å². The maximum atomic E-state index is 5.28. The molecule has 0 saturated heterocycles. The Balaban J connectivity index is 1.96. The number of benzene rings is 3. The highest BCUT2D eigenvalue weighted by Gasteiger charge is 2.14. The molecule has 4 heteroatoms. The van der Waals surface area contributed by atoms with Crippen molar-refractivity contribution in [2.75, 3.05) is 14.2 Å². The van der Waals surface area contributed by atoms with Crippen molar-refractivity contribution in [1.82, 2.24) is 9.97 Å². The second-order valence-electron chi connectivity index (χ2n) is 6.32. The molecule has 4 nitrogen and oxygen atoms in total. The van der Waals surface area contributed by atoms with Crippen molar-refractivity contribution in [2.24, 2.45) is 0 Å². The van der Waals surface area contributed by atoms with Crippen molar-refractivity contribution in [3.63, 3.8) is 0 Å². The summed E-state index contributed by atoms with van der Waals surface area (Å²) in [6, 6.07) is 21.9. The van der Waals surface area contributed by atoms with Crippen molar-refractivity contribution in [3.8, 4) is 34.0 Å².